The number of likely N-dealkylation sites (tertiary alicyclic amines) is 1. The zero-order valence-electron chi connectivity index (χ0n) is 24.4. The number of piperidine rings is 1. The van der Waals surface area contributed by atoms with E-state index in [9.17, 15) is 26.4 Å². The van der Waals surface area contributed by atoms with Crippen molar-refractivity contribution in [2.75, 3.05) is 39.4 Å². The third-order valence-corrected chi connectivity index (χ3v) is 10.7. The number of hydrogen-bond donors (Lipinski definition) is 1. The van der Waals surface area contributed by atoms with E-state index in [-0.39, 0.29) is 25.3 Å². The minimum Gasteiger partial charge on any atom is -0.492 e. The van der Waals surface area contributed by atoms with Crippen molar-refractivity contribution in [1.29, 1.82) is 0 Å². The molecule has 5 rings (SSSR count). The Kier molecular flexibility index (Phi) is 9.70. The van der Waals surface area contributed by atoms with Crippen LogP contribution < -0.4 is 10.1 Å². The maximum Gasteiger partial charge on any atom is 0.416 e. The second-order valence-corrected chi connectivity index (χ2v) is 13.6. The van der Waals surface area contributed by atoms with Gasteiger partial charge in [0, 0.05) is 44.6 Å². The highest BCUT2D eigenvalue weighted by molar-refractivity contribution is 7.89. The van der Waals surface area contributed by atoms with Crippen LogP contribution in [-0.2, 0) is 32.2 Å². The van der Waals surface area contributed by atoms with Crippen LogP contribution in [0, 0.1) is 0 Å². The Labute approximate surface area is 251 Å². The summed E-state index contributed by atoms with van der Waals surface area (Å²) in [5.41, 5.74) is -0.423. The van der Waals surface area contributed by atoms with Gasteiger partial charge in [-0.15, -0.1) is 0 Å². The molecule has 3 aliphatic heterocycles. The van der Waals surface area contributed by atoms with Crippen molar-refractivity contribution in [3.8, 4) is 5.75 Å². The number of amides is 1. The number of nitrogens with one attached hydrogen (secondary N) is 1. The number of rotatable bonds is 7. The minimum atomic E-state index is -4.75. The quantitative estimate of drug-likeness (QED) is 0.484. The molecule has 0 unspecified atom stereocenters. The molecule has 2 saturated heterocycles. The van der Waals surface area contributed by atoms with Gasteiger partial charge in [-0.1, -0.05) is 37.3 Å². The van der Waals surface area contributed by atoms with Crippen LogP contribution >= 0.6 is 0 Å². The Hall–Kier alpha value is -2.67. The fourth-order valence-corrected chi connectivity index (χ4v) is 8.09. The maximum absolute atomic E-state index is 13.9. The molecule has 0 aliphatic carbocycles. The molecule has 3 heterocycles. The van der Waals surface area contributed by atoms with Gasteiger partial charge in [-0.25, -0.2) is 8.42 Å². The lowest BCUT2D eigenvalue weighted by molar-refractivity contribution is -0.137. The van der Waals surface area contributed by atoms with E-state index < -0.39 is 50.3 Å². The molecular formula is C31H40F3N3O5S. The van der Waals surface area contributed by atoms with Crippen LogP contribution in [0.5, 0.6) is 5.75 Å². The van der Waals surface area contributed by atoms with Crippen molar-refractivity contribution in [1.82, 2.24) is 14.5 Å². The van der Waals surface area contributed by atoms with E-state index in [4.69, 9.17) is 9.47 Å². The van der Waals surface area contributed by atoms with Crippen LogP contribution in [0.1, 0.15) is 56.6 Å². The number of hydrogen-bond acceptors (Lipinski definition) is 6. The molecule has 2 fully saturated rings. The number of benzene rings is 2. The Morgan fingerprint density at radius 2 is 1.84 bits per heavy atom. The molecule has 0 aromatic heterocycles. The summed E-state index contributed by atoms with van der Waals surface area (Å²) in [6.07, 6.45) is -0.758. The molecule has 43 heavy (non-hydrogen) atoms. The molecular weight excluding hydrogens is 583 g/mol. The van der Waals surface area contributed by atoms with Crippen molar-refractivity contribution < 1.29 is 35.9 Å². The highest BCUT2D eigenvalue weighted by atomic mass is 32.2. The van der Waals surface area contributed by atoms with Gasteiger partial charge in [0.1, 0.15) is 16.7 Å². The predicted molar refractivity (Wildman–Crippen MR) is 155 cm³/mol. The second kappa shape index (κ2) is 13.1. The summed E-state index contributed by atoms with van der Waals surface area (Å²) in [5.74, 6) is -0.591. The number of nitrogens with zero attached hydrogens (tertiary/aromatic N) is 2. The zero-order chi connectivity index (χ0) is 30.7. The Balaban J connectivity index is 1.38. The summed E-state index contributed by atoms with van der Waals surface area (Å²) >= 11 is 0. The summed E-state index contributed by atoms with van der Waals surface area (Å²) < 4.78 is 81.5. The third kappa shape index (κ3) is 7.35. The average Bonchev–Trinajstić information content (AvgIpc) is 3.42. The Morgan fingerprint density at radius 1 is 1.09 bits per heavy atom. The molecule has 2 aromatic rings. The van der Waals surface area contributed by atoms with E-state index in [0.29, 0.717) is 38.4 Å². The highest BCUT2D eigenvalue weighted by Gasteiger charge is 2.48. The van der Waals surface area contributed by atoms with Crippen LogP contribution in [0.4, 0.5) is 13.2 Å². The summed E-state index contributed by atoms with van der Waals surface area (Å²) in [7, 11) is -4.53. The van der Waals surface area contributed by atoms with Gasteiger partial charge < -0.3 is 19.7 Å². The fourth-order valence-electron chi connectivity index (χ4n) is 6.30. The summed E-state index contributed by atoms with van der Waals surface area (Å²) in [5, 5.41) is 3.19. The average molecular weight is 624 g/mol. The fraction of sp³-hybridized carbons (Fsp3) is 0.581. The van der Waals surface area contributed by atoms with Crippen molar-refractivity contribution in [2.24, 2.45) is 0 Å². The molecule has 3 aliphatic rings. The van der Waals surface area contributed by atoms with E-state index in [0.717, 1.165) is 48.9 Å². The largest absolute Gasteiger partial charge is 0.492 e. The number of halogens is 3. The smallest absolute Gasteiger partial charge is 0.416 e. The number of ether oxygens (including phenoxy) is 2. The number of alkyl halides is 3. The first-order valence-corrected chi connectivity index (χ1v) is 16.5. The van der Waals surface area contributed by atoms with E-state index in [1.807, 2.05) is 25.1 Å². The molecule has 0 radical (unpaired) electrons. The third-order valence-electron chi connectivity index (χ3n) is 8.76. The molecule has 0 saturated carbocycles. The molecule has 1 spiro atoms. The normalized spacial score (nSPS) is 24.4. The van der Waals surface area contributed by atoms with Gasteiger partial charge in [-0.3, -0.25) is 4.79 Å². The summed E-state index contributed by atoms with van der Waals surface area (Å²) in [4.78, 5) is 15.6. The zero-order valence-corrected chi connectivity index (χ0v) is 25.3. The van der Waals surface area contributed by atoms with Gasteiger partial charge in [0.15, 0.2) is 0 Å². The summed E-state index contributed by atoms with van der Waals surface area (Å²) in [6.45, 7) is 4.67. The van der Waals surface area contributed by atoms with E-state index in [1.54, 1.807) is 0 Å². The van der Waals surface area contributed by atoms with Gasteiger partial charge >= 0.3 is 6.18 Å². The lowest BCUT2D eigenvalue weighted by Crippen LogP contribution is -2.59. The summed E-state index contributed by atoms with van der Waals surface area (Å²) in [6, 6.07) is 11.7. The van der Waals surface area contributed by atoms with Crippen molar-refractivity contribution >= 4 is 15.9 Å². The lowest BCUT2D eigenvalue weighted by Gasteiger charge is -2.43. The van der Waals surface area contributed by atoms with Gasteiger partial charge in [0.25, 0.3) is 0 Å². The van der Waals surface area contributed by atoms with Gasteiger partial charge in [0.05, 0.1) is 18.3 Å². The molecule has 0 bridgehead atoms. The molecule has 8 nitrogen and oxygen atoms in total. The number of carbonyl (C=O) groups excluding carboxylic acids is 1. The standard InChI is InChI=1S/C31H40F3N3O5S/c1-2-18-41-25-21-26-29(38)35-30(12-16-36(17-13-30)15-6-9-23-7-4-3-5-8-23)14-19-42-27-11-10-24(31(32,33)34)20-28(27)43(39,40)37(26)22-25/h3-5,7-8,10-11,20,25-26H,2,6,9,12-19,21-22H2,1H3,(H,35,38)/t25-,26+/m1/s1. The van der Waals surface area contributed by atoms with Crippen molar-refractivity contribution in [2.45, 2.75) is 80.6 Å². The number of sulfonamides is 1. The minimum absolute atomic E-state index is 0.0507. The number of fused-ring (bicyclic) bond motifs is 2. The first-order valence-electron chi connectivity index (χ1n) is 15.1. The molecule has 1 N–H and O–H groups in total. The SMILES string of the molecule is CCCO[C@@H]1C[C@H]2C(=O)NC3(CCOc4ccc(C(F)(F)F)cc4S(=O)(=O)N2C1)CCN(CCCc1ccccc1)CC3. The van der Waals surface area contributed by atoms with Gasteiger partial charge in [0.2, 0.25) is 15.9 Å². The Bertz CT molecular complexity index is 1360. The number of aryl methyl sites for hydroxylation is 1. The van der Waals surface area contributed by atoms with Crippen molar-refractivity contribution in [3.63, 3.8) is 0 Å². The topological polar surface area (TPSA) is 88.2 Å². The van der Waals surface area contributed by atoms with E-state index in [2.05, 4.69) is 22.3 Å². The lowest BCUT2D eigenvalue weighted by atomic mass is 9.84. The van der Waals surface area contributed by atoms with Crippen LogP contribution in [0.25, 0.3) is 0 Å². The molecule has 1 amide bonds. The van der Waals surface area contributed by atoms with Gasteiger partial charge in [-0.05, 0) is 62.4 Å². The predicted octanol–water partition coefficient (Wildman–Crippen LogP) is 4.63. The van der Waals surface area contributed by atoms with E-state index >= 15 is 0 Å². The maximum atomic E-state index is 13.9. The molecule has 12 heteroatoms. The molecule has 236 valence electrons. The van der Waals surface area contributed by atoms with Crippen LogP contribution in [0.3, 0.4) is 0 Å². The monoisotopic (exact) mass is 623 g/mol. The second-order valence-electron chi connectivity index (χ2n) is 11.8. The highest BCUT2D eigenvalue weighted by Crippen LogP contribution is 2.39. The Morgan fingerprint density at radius 3 is 2.53 bits per heavy atom. The van der Waals surface area contributed by atoms with Crippen molar-refractivity contribution in [3.05, 3.63) is 59.7 Å². The van der Waals surface area contributed by atoms with Crippen LogP contribution in [0.2, 0.25) is 0 Å². The van der Waals surface area contributed by atoms with Crippen LogP contribution in [-0.4, -0.2) is 80.6 Å². The molecule has 2 aromatic carbocycles. The van der Waals surface area contributed by atoms with Crippen LogP contribution in [0.15, 0.2) is 53.4 Å². The molecule has 2 atom stereocenters. The first kappa shape index (κ1) is 31.7. The first-order chi connectivity index (χ1) is 20.5. The van der Waals surface area contributed by atoms with Gasteiger partial charge in [-0.2, -0.15) is 17.5 Å². The van der Waals surface area contributed by atoms with E-state index in [1.165, 1.54) is 5.56 Å². The number of carbonyl (C=O) groups is 1.